The maximum Gasteiger partial charge on any atom is 0.144 e. The van der Waals surface area contributed by atoms with Crippen molar-refractivity contribution < 1.29 is 0 Å². The molecular weight excluding hydrogens is 198 g/mol. The summed E-state index contributed by atoms with van der Waals surface area (Å²) in [6, 6.07) is 5.92. The topological polar surface area (TPSA) is 48.7 Å². The van der Waals surface area contributed by atoms with Gasteiger partial charge < -0.3 is 5.32 Å². The Balaban J connectivity index is 2.24. The van der Waals surface area contributed by atoms with Gasteiger partial charge in [0.2, 0.25) is 0 Å². The molecule has 3 nitrogen and oxygen atoms in total. The molecule has 0 amide bonds. The van der Waals surface area contributed by atoms with Crippen LogP contribution in [-0.2, 0) is 6.54 Å². The Morgan fingerprint density at radius 1 is 1.38 bits per heavy atom. The summed E-state index contributed by atoms with van der Waals surface area (Å²) in [6.45, 7) is 3.96. The summed E-state index contributed by atoms with van der Waals surface area (Å²) >= 11 is 0. The second-order valence-corrected chi connectivity index (χ2v) is 3.86. The van der Waals surface area contributed by atoms with Gasteiger partial charge in [0.15, 0.2) is 0 Å². The summed E-state index contributed by atoms with van der Waals surface area (Å²) in [5, 5.41) is 12.2. The molecule has 0 radical (unpaired) electrons. The fraction of sp³-hybridized carbons (Fsp3) is 0.538. The quantitative estimate of drug-likeness (QED) is 0.714. The fourth-order valence-corrected chi connectivity index (χ4v) is 1.58. The molecule has 3 heteroatoms. The van der Waals surface area contributed by atoms with Crippen LogP contribution in [0.5, 0.6) is 0 Å². The van der Waals surface area contributed by atoms with Crippen molar-refractivity contribution in [1.29, 1.82) is 5.26 Å². The van der Waals surface area contributed by atoms with Crippen LogP contribution in [0.2, 0.25) is 0 Å². The van der Waals surface area contributed by atoms with Crippen molar-refractivity contribution in [3.05, 3.63) is 29.6 Å². The van der Waals surface area contributed by atoms with Gasteiger partial charge in [-0.2, -0.15) is 5.26 Å². The van der Waals surface area contributed by atoms with E-state index in [1.54, 1.807) is 6.20 Å². The van der Waals surface area contributed by atoms with E-state index in [0.717, 1.165) is 18.7 Å². The molecule has 1 aromatic heterocycles. The van der Waals surface area contributed by atoms with Gasteiger partial charge in [0.05, 0.1) is 0 Å². The third-order valence-corrected chi connectivity index (χ3v) is 2.52. The van der Waals surface area contributed by atoms with Crippen molar-refractivity contribution in [1.82, 2.24) is 10.3 Å². The van der Waals surface area contributed by atoms with Gasteiger partial charge in [-0.3, -0.25) is 0 Å². The predicted molar refractivity (Wildman–Crippen MR) is 64.8 cm³/mol. The lowest BCUT2D eigenvalue weighted by molar-refractivity contribution is 0.597. The van der Waals surface area contributed by atoms with E-state index in [-0.39, 0.29) is 0 Å². The van der Waals surface area contributed by atoms with Crippen LogP contribution in [-0.4, -0.2) is 11.5 Å². The molecule has 1 aromatic rings. The van der Waals surface area contributed by atoms with Crippen LogP contribution < -0.4 is 5.32 Å². The highest BCUT2D eigenvalue weighted by Gasteiger charge is 2.00. The first-order chi connectivity index (χ1) is 7.88. The lowest BCUT2D eigenvalue weighted by atomic mass is 10.2. The van der Waals surface area contributed by atoms with Gasteiger partial charge in [-0.25, -0.2) is 4.98 Å². The van der Waals surface area contributed by atoms with Crippen molar-refractivity contribution in [2.75, 3.05) is 6.54 Å². The van der Waals surface area contributed by atoms with Crippen molar-refractivity contribution in [2.24, 2.45) is 0 Å². The normalized spacial score (nSPS) is 10.0. The van der Waals surface area contributed by atoms with E-state index < -0.39 is 0 Å². The van der Waals surface area contributed by atoms with Crippen molar-refractivity contribution in [3.63, 3.8) is 0 Å². The molecule has 0 bridgehead atoms. The van der Waals surface area contributed by atoms with Gasteiger partial charge in [-0.1, -0.05) is 32.3 Å². The average Bonchev–Trinajstić information content (AvgIpc) is 2.34. The molecule has 0 aliphatic heterocycles. The number of nitriles is 1. The third-order valence-electron chi connectivity index (χ3n) is 2.52. The van der Waals surface area contributed by atoms with Crippen LogP contribution in [0, 0.1) is 11.3 Å². The van der Waals surface area contributed by atoms with Gasteiger partial charge in [-0.15, -0.1) is 0 Å². The Hall–Kier alpha value is -1.40. The van der Waals surface area contributed by atoms with Crippen molar-refractivity contribution in [3.8, 4) is 6.07 Å². The van der Waals surface area contributed by atoms with E-state index in [0.29, 0.717) is 5.69 Å². The summed E-state index contributed by atoms with van der Waals surface area (Å²) in [7, 11) is 0. The molecule has 0 aliphatic carbocycles. The molecule has 16 heavy (non-hydrogen) atoms. The maximum absolute atomic E-state index is 8.85. The van der Waals surface area contributed by atoms with Crippen molar-refractivity contribution >= 4 is 0 Å². The van der Waals surface area contributed by atoms with Crippen molar-refractivity contribution in [2.45, 2.75) is 39.2 Å². The van der Waals surface area contributed by atoms with E-state index in [9.17, 15) is 0 Å². The minimum absolute atomic E-state index is 0.531. The number of rotatable bonds is 7. The van der Waals surface area contributed by atoms with E-state index in [4.69, 9.17) is 5.26 Å². The Kier molecular flexibility index (Phi) is 6.20. The average molecular weight is 217 g/mol. The fourth-order valence-electron chi connectivity index (χ4n) is 1.58. The minimum atomic E-state index is 0.531. The van der Waals surface area contributed by atoms with Crippen LogP contribution >= 0.6 is 0 Å². The molecule has 86 valence electrons. The number of aromatic nitrogens is 1. The summed E-state index contributed by atoms with van der Waals surface area (Å²) < 4.78 is 0. The van der Waals surface area contributed by atoms with Crippen LogP contribution in [0.3, 0.4) is 0 Å². The monoisotopic (exact) mass is 217 g/mol. The summed E-state index contributed by atoms with van der Waals surface area (Å²) in [6.07, 6.45) is 6.71. The number of nitrogens with zero attached hydrogens (tertiary/aromatic N) is 2. The molecular formula is C13H19N3. The van der Waals surface area contributed by atoms with Gasteiger partial charge in [0, 0.05) is 18.3 Å². The first-order valence-electron chi connectivity index (χ1n) is 5.93. The first-order valence-corrected chi connectivity index (χ1v) is 5.93. The lowest BCUT2D eigenvalue weighted by Gasteiger charge is -2.05. The van der Waals surface area contributed by atoms with Crippen LogP contribution in [0.1, 0.15) is 43.9 Å². The first kappa shape index (κ1) is 12.7. The number of nitrogens with one attached hydrogen (secondary N) is 1. The Labute approximate surface area is 97.5 Å². The summed E-state index contributed by atoms with van der Waals surface area (Å²) in [5.41, 5.74) is 1.52. The number of pyridine rings is 1. The highest BCUT2D eigenvalue weighted by molar-refractivity contribution is 5.30. The largest absolute Gasteiger partial charge is 0.313 e. The molecule has 1 rings (SSSR count). The smallest absolute Gasteiger partial charge is 0.144 e. The van der Waals surface area contributed by atoms with E-state index >= 15 is 0 Å². The van der Waals surface area contributed by atoms with Gasteiger partial charge in [0.25, 0.3) is 0 Å². The zero-order valence-corrected chi connectivity index (χ0v) is 9.87. The zero-order chi connectivity index (χ0) is 11.6. The summed E-state index contributed by atoms with van der Waals surface area (Å²) in [5.74, 6) is 0. The highest BCUT2D eigenvalue weighted by atomic mass is 14.9. The third kappa shape index (κ3) is 4.41. The molecule has 0 atom stereocenters. The minimum Gasteiger partial charge on any atom is -0.313 e. The number of hydrogen-bond acceptors (Lipinski definition) is 3. The van der Waals surface area contributed by atoms with E-state index in [1.807, 2.05) is 12.1 Å². The van der Waals surface area contributed by atoms with E-state index in [2.05, 4.69) is 23.3 Å². The molecule has 0 spiro atoms. The predicted octanol–water partition coefficient (Wildman–Crippen LogP) is 2.62. The molecule has 1 heterocycles. The van der Waals surface area contributed by atoms with E-state index in [1.165, 1.54) is 25.7 Å². The standard InChI is InChI=1S/C13H19N3/c1-2-3-4-5-8-15-11-12-7-6-9-16-13(12)10-14/h6-7,9,15H,2-5,8,11H2,1H3. The second-order valence-electron chi connectivity index (χ2n) is 3.86. The van der Waals surface area contributed by atoms with Gasteiger partial charge in [-0.05, 0) is 19.0 Å². The zero-order valence-electron chi connectivity index (χ0n) is 9.87. The Morgan fingerprint density at radius 3 is 3.00 bits per heavy atom. The molecule has 0 fully saturated rings. The Bertz CT molecular complexity index is 341. The lowest BCUT2D eigenvalue weighted by Crippen LogP contribution is -2.15. The molecule has 0 aromatic carbocycles. The molecule has 0 aliphatic rings. The molecule has 1 N–H and O–H groups in total. The van der Waals surface area contributed by atoms with Gasteiger partial charge >= 0.3 is 0 Å². The number of hydrogen-bond donors (Lipinski definition) is 1. The van der Waals surface area contributed by atoms with Gasteiger partial charge in [0.1, 0.15) is 11.8 Å². The summed E-state index contributed by atoms with van der Waals surface area (Å²) in [4.78, 5) is 4.02. The molecule has 0 saturated heterocycles. The number of unbranched alkanes of at least 4 members (excludes halogenated alkanes) is 3. The van der Waals surface area contributed by atoms with Crippen LogP contribution in [0.4, 0.5) is 0 Å². The molecule has 0 saturated carbocycles. The second kappa shape index (κ2) is 7.84. The van der Waals surface area contributed by atoms with Crippen LogP contribution in [0.25, 0.3) is 0 Å². The maximum atomic E-state index is 8.85. The SMILES string of the molecule is CCCCCCNCc1cccnc1C#N. The molecule has 0 unspecified atom stereocenters. The van der Waals surface area contributed by atoms with Crippen LogP contribution in [0.15, 0.2) is 18.3 Å². The highest BCUT2D eigenvalue weighted by Crippen LogP contribution is 2.03. The Morgan fingerprint density at radius 2 is 2.25 bits per heavy atom.